The van der Waals surface area contributed by atoms with Crippen LogP contribution in [0.15, 0.2) is 88.7 Å². The van der Waals surface area contributed by atoms with E-state index in [1.165, 1.54) is 30.5 Å². The number of ether oxygens (including phenoxy) is 1. The van der Waals surface area contributed by atoms with E-state index in [4.69, 9.17) is 9.15 Å². The van der Waals surface area contributed by atoms with Gasteiger partial charge < -0.3 is 9.15 Å². The van der Waals surface area contributed by atoms with Crippen molar-refractivity contribution in [2.24, 2.45) is 5.10 Å². The molecule has 7 nitrogen and oxygen atoms in total. The molecule has 0 aliphatic carbocycles. The van der Waals surface area contributed by atoms with Crippen LogP contribution in [-0.4, -0.2) is 28.0 Å². The van der Waals surface area contributed by atoms with Crippen molar-refractivity contribution >= 4 is 12.1 Å². The van der Waals surface area contributed by atoms with Crippen molar-refractivity contribution in [2.45, 2.75) is 13.0 Å². The first-order chi connectivity index (χ1) is 15.1. The number of benzene rings is 2. The molecule has 4 aromatic rings. The van der Waals surface area contributed by atoms with Gasteiger partial charge in [-0.15, -0.1) is 0 Å². The summed E-state index contributed by atoms with van der Waals surface area (Å²) in [6.45, 7) is 1.58. The smallest absolute Gasteiger partial charge is 0.280 e. The first-order valence-corrected chi connectivity index (χ1v) is 9.54. The summed E-state index contributed by atoms with van der Waals surface area (Å²) in [7, 11) is 0. The topological polar surface area (TPSA) is 81.6 Å². The van der Waals surface area contributed by atoms with Gasteiger partial charge >= 0.3 is 0 Å². The number of rotatable bonds is 7. The molecule has 156 valence electrons. The molecule has 31 heavy (non-hydrogen) atoms. The van der Waals surface area contributed by atoms with Gasteiger partial charge in [0.2, 0.25) is 0 Å². The van der Waals surface area contributed by atoms with Crippen LogP contribution in [0.25, 0.3) is 17.1 Å². The standard InChI is InChI=1S/C23H19FN4O3/c1-16(31-20-11-9-18(24)10-12-20)23(29)26-25-14-17-15-28(19-6-3-2-4-7-19)27-22(17)21-8-5-13-30-21/h2-16H,1H3,(H,26,29)/b25-14-/t16-/m0/s1. The molecule has 0 saturated carbocycles. The lowest BCUT2D eigenvalue weighted by Gasteiger charge is -2.12. The maximum Gasteiger partial charge on any atom is 0.280 e. The van der Waals surface area contributed by atoms with Gasteiger partial charge in [-0.05, 0) is 55.5 Å². The maximum absolute atomic E-state index is 13.0. The highest BCUT2D eigenvalue weighted by Gasteiger charge is 2.15. The average molecular weight is 418 g/mol. The maximum atomic E-state index is 13.0. The summed E-state index contributed by atoms with van der Waals surface area (Å²) >= 11 is 0. The van der Waals surface area contributed by atoms with Gasteiger partial charge in [0, 0.05) is 11.8 Å². The van der Waals surface area contributed by atoms with Gasteiger partial charge in [-0.1, -0.05) is 18.2 Å². The second-order valence-electron chi connectivity index (χ2n) is 6.64. The zero-order valence-electron chi connectivity index (χ0n) is 16.6. The number of para-hydroxylation sites is 1. The molecule has 0 saturated heterocycles. The number of carbonyl (C=O) groups excluding carboxylic acids is 1. The summed E-state index contributed by atoms with van der Waals surface area (Å²) in [5.74, 6) is 0.140. The second-order valence-corrected chi connectivity index (χ2v) is 6.64. The summed E-state index contributed by atoms with van der Waals surface area (Å²) in [4.78, 5) is 12.3. The third-order valence-electron chi connectivity index (χ3n) is 4.39. The molecule has 2 aromatic heterocycles. The van der Waals surface area contributed by atoms with Crippen LogP contribution in [0.4, 0.5) is 4.39 Å². The second kappa shape index (κ2) is 9.08. The number of hydrazone groups is 1. The molecule has 2 heterocycles. The Labute approximate surface area is 177 Å². The summed E-state index contributed by atoms with van der Waals surface area (Å²) in [6, 6.07) is 18.6. The molecule has 2 aromatic carbocycles. The zero-order chi connectivity index (χ0) is 21.6. The lowest BCUT2D eigenvalue weighted by Crippen LogP contribution is -2.33. The van der Waals surface area contributed by atoms with Crippen molar-refractivity contribution in [1.29, 1.82) is 0 Å². The molecule has 8 heteroatoms. The third-order valence-corrected chi connectivity index (χ3v) is 4.39. The van der Waals surface area contributed by atoms with Gasteiger partial charge in [0.05, 0.1) is 18.2 Å². The SMILES string of the molecule is C[C@H](Oc1ccc(F)cc1)C(=O)N/N=C\c1cn(-c2ccccc2)nc1-c1ccco1. The van der Waals surface area contributed by atoms with Crippen molar-refractivity contribution in [1.82, 2.24) is 15.2 Å². The highest BCUT2D eigenvalue weighted by molar-refractivity contribution is 5.89. The Hall–Kier alpha value is -4.20. The highest BCUT2D eigenvalue weighted by Crippen LogP contribution is 2.23. The first kappa shape index (κ1) is 20.1. The Morgan fingerprint density at radius 2 is 1.94 bits per heavy atom. The van der Waals surface area contributed by atoms with Crippen LogP contribution in [0.5, 0.6) is 5.75 Å². The van der Waals surface area contributed by atoms with Crippen LogP contribution < -0.4 is 10.2 Å². The molecule has 0 aliphatic heterocycles. The molecule has 0 unspecified atom stereocenters. The molecule has 1 N–H and O–H groups in total. The van der Waals surface area contributed by atoms with E-state index in [-0.39, 0.29) is 5.82 Å². The Balaban J connectivity index is 1.48. The van der Waals surface area contributed by atoms with Crippen molar-refractivity contribution < 1.29 is 18.3 Å². The predicted molar refractivity (Wildman–Crippen MR) is 113 cm³/mol. The Kier molecular flexibility index (Phi) is 5.89. The minimum atomic E-state index is -0.820. The largest absolute Gasteiger partial charge is 0.481 e. The number of nitrogens with zero attached hydrogens (tertiary/aromatic N) is 3. The fourth-order valence-electron chi connectivity index (χ4n) is 2.83. The molecule has 0 spiro atoms. The molecular weight excluding hydrogens is 399 g/mol. The zero-order valence-corrected chi connectivity index (χ0v) is 16.6. The van der Waals surface area contributed by atoms with E-state index in [0.717, 1.165) is 5.69 Å². The molecule has 1 atom stereocenters. The fourth-order valence-corrected chi connectivity index (χ4v) is 2.83. The number of hydrogen-bond donors (Lipinski definition) is 1. The van der Waals surface area contributed by atoms with E-state index in [1.54, 1.807) is 36.2 Å². The number of carbonyl (C=O) groups is 1. The number of nitrogens with one attached hydrogen (secondary N) is 1. The van der Waals surface area contributed by atoms with Crippen LogP contribution in [-0.2, 0) is 4.79 Å². The minimum Gasteiger partial charge on any atom is -0.481 e. The lowest BCUT2D eigenvalue weighted by molar-refractivity contribution is -0.127. The number of halogens is 1. The van der Waals surface area contributed by atoms with Gasteiger partial charge in [0.25, 0.3) is 5.91 Å². The van der Waals surface area contributed by atoms with E-state index >= 15 is 0 Å². The van der Waals surface area contributed by atoms with E-state index in [0.29, 0.717) is 22.8 Å². The summed E-state index contributed by atoms with van der Waals surface area (Å²) in [5.41, 5.74) is 4.57. The molecule has 0 fully saturated rings. The molecule has 1 amide bonds. The number of furan rings is 1. The van der Waals surface area contributed by atoms with Crippen LogP contribution in [0.2, 0.25) is 0 Å². The van der Waals surface area contributed by atoms with Gasteiger partial charge in [0.15, 0.2) is 11.9 Å². The molecular formula is C23H19FN4O3. The molecule has 0 aliphatic rings. The number of aromatic nitrogens is 2. The molecule has 0 bridgehead atoms. The van der Waals surface area contributed by atoms with Crippen LogP contribution >= 0.6 is 0 Å². The highest BCUT2D eigenvalue weighted by atomic mass is 19.1. The number of amides is 1. The van der Waals surface area contributed by atoms with Crippen LogP contribution in [0, 0.1) is 5.82 Å². The summed E-state index contributed by atoms with van der Waals surface area (Å²) in [5, 5.41) is 8.62. The number of hydrogen-bond acceptors (Lipinski definition) is 5. The lowest BCUT2D eigenvalue weighted by atomic mass is 10.2. The van der Waals surface area contributed by atoms with E-state index < -0.39 is 12.0 Å². The van der Waals surface area contributed by atoms with Crippen molar-refractivity contribution in [3.8, 4) is 22.9 Å². The Bertz CT molecular complexity index is 1170. The van der Waals surface area contributed by atoms with Crippen LogP contribution in [0.3, 0.4) is 0 Å². The van der Waals surface area contributed by atoms with Crippen molar-refractivity contribution in [2.75, 3.05) is 0 Å². The van der Waals surface area contributed by atoms with Gasteiger partial charge in [-0.25, -0.2) is 14.5 Å². The summed E-state index contributed by atoms with van der Waals surface area (Å²) in [6.07, 6.45) is 4.03. The first-order valence-electron chi connectivity index (χ1n) is 9.54. The molecule has 0 radical (unpaired) electrons. The van der Waals surface area contributed by atoms with E-state index in [9.17, 15) is 9.18 Å². The van der Waals surface area contributed by atoms with Gasteiger partial charge in [0.1, 0.15) is 17.3 Å². The average Bonchev–Trinajstić information content (AvgIpc) is 3.46. The van der Waals surface area contributed by atoms with E-state index in [2.05, 4.69) is 15.6 Å². The molecule has 4 rings (SSSR count). The van der Waals surface area contributed by atoms with Crippen molar-refractivity contribution in [3.05, 3.63) is 90.6 Å². The van der Waals surface area contributed by atoms with Crippen LogP contribution in [0.1, 0.15) is 12.5 Å². The monoisotopic (exact) mass is 418 g/mol. The van der Waals surface area contributed by atoms with Gasteiger partial charge in [-0.3, -0.25) is 4.79 Å². The predicted octanol–water partition coefficient (Wildman–Crippen LogP) is 4.19. The minimum absolute atomic E-state index is 0.377. The van der Waals surface area contributed by atoms with Gasteiger partial charge in [-0.2, -0.15) is 10.2 Å². The van der Waals surface area contributed by atoms with E-state index in [1.807, 2.05) is 30.3 Å². The quantitative estimate of drug-likeness (QED) is 0.360. The summed E-state index contributed by atoms with van der Waals surface area (Å²) < 4.78 is 25.7. The third kappa shape index (κ3) is 4.87. The Morgan fingerprint density at radius 3 is 2.65 bits per heavy atom. The fraction of sp³-hybridized carbons (Fsp3) is 0.0870. The van der Waals surface area contributed by atoms with Crippen molar-refractivity contribution in [3.63, 3.8) is 0 Å². The Morgan fingerprint density at radius 1 is 1.16 bits per heavy atom. The normalized spacial score (nSPS) is 12.1.